The summed E-state index contributed by atoms with van der Waals surface area (Å²) in [6.45, 7) is 4.32. The van der Waals surface area contributed by atoms with Gasteiger partial charge in [0.05, 0.1) is 0 Å². The molecule has 39 heavy (non-hydrogen) atoms. The van der Waals surface area contributed by atoms with Gasteiger partial charge < -0.3 is 20.5 Å². The molecular weight excluding hydrogens is 494 g/mol. The van der Waals surface area contributed by atoms with Crippen LogP contribution < -0.4 is 10.6 Å². The highest BCUT2D eigenvalue weighted by Crippen LogP contribution is 2.44. The van der Waals surface area contributed by atoms with Crippen molar-refractivity contribution in [3.63, 3.8) is 0 Å². The molecule has 0 saturated carbocycles. The van der Waals surface area contributed by atoms with Crippen molar-refractivity contribution in [2.75, 3.05) is 20.2 Å². The number of nitrogens with one attached hydrogen (secondary N) is 2. The van der Waals surface area contributed by atoms with Crippen molar-refractivity contribution in [2.24, 2.45) is 5.92 Å². The molecule has 2 amide bonds. The Morgan fingerprint density at radius 3 is 2.00 bits per heavy atom. The van der Waals surface area contributed by atoms with E-state index in [1.54, 1.807) is 20.9 Å². The molecule has 8 nitrogen and oxygen atoms in total. The zero-order valence-electron chi connectivity index (χ0n) is 22.5. The Hall–Kier alpha value is -4.17. The number of rotatable bonds is 11. The van der Waals surface area contributed by atoms with Gasteiger partial charge in [0.15, 0.2) is 0 Å². The number of hydrogen-bond acceptors (Lipinski definition) is 5. The van der Waals surface area contributed by atoms with Crippen LogP contribution in [0.1, 0.15) is 36.5 Å². The molecule has 0 fully saturated rings. The summed E-state index contributed by atoms with van der Waals surface area (Å²) >= 11 is 0. The minimum Gasteiger partial charge on any atom is -0.480 e. The second-order valence-electron chi connectivity index (χ2n) is 10.3. The monoisotopic (exact) mass is 529 g/mol. The molecule has 0 radical (unpaired) electrons. The van der Waals surface area contributed by atoms with Gasteiger partial charge in [-0.2, -0.15) is 0 Å². The van der Waals surface area contributed by atoms with E-state index in [-0.39, 0.29) is 25.0 Å². The van der Waals surface area contributed by atoms with Gasteiger partial charge in [0.1, 0.15) is 18.7 Å². The van der Waals surface area contributed by atoms with Gasteiger partial charge in [0.2, 0.25) is 5.91 Å². The number of aliphatic carboxylic acids is 1. The Labute approximate surface area is 229 Å². The van der Waals surface area contributed by atoms with E-state index in [1.807, 2.05) is 71.6 Å². The van der Waals surface area contributed by atoms with Crippen molar-refractivity contribution in [3.05, 3.63) is 95.6 Å². The largest absolute Gasteiger partial charge is 0.480 e. The minimum absolute atomic E-state index is 0.103. The van der Waals surface area contributed by atoms with Crippen LogP contribution in [0.2, 0.25) is 0 Å². The lowest BCUT2D eigenvalue weighted by Gasteiger charge is -2.26. The molecular formula is C31H35N3O5. The molecule has 3 N–H and O–H groups in total. The molecule has 0 saturated heterocycles. The SMILES string of the molecule is CC(C)[C@H](NC(=O)OCC1c2ccccc2-c2ccccc21)C(=O)NC(CN(C)Cc1ccccc1)C(=O)O. The Morgan fingerprint density at radius 1 is 0.872 bits per heavy atom. The number of carbonyl (C=O) groups excluding carboxylic acids is 2. The van der Waals surface area contributed by atoms with Crippen molar-refractivity contribution in [3.8, 4) is 11.1 Å². The van der Waals surface area contributed by atoms with Crippen LogP contribution >= 0.6 is 0 Å². The number of fused-ring (bicyclic) bond motifs is 3. The fourth-order valence-corrected chi connectivity index (χ4v) is 5.02. The van der Waals surface area contributed by atoms with Crippen molar-refractivity contribution >= 4 is 18.0 Å². The van der Waals surface area contributed by atoms with E-state index < -0.39 is 30.1 Å². The Bertz CT molecular complexity index is 1260. The summed E-state index contributed by atoms with van der Waals surface area (Å²) < 4.78 is 5.60. The van der Waals surface area contributed by atoms with E-state index in [2.05, 4.69) is 22.8 Å². The third-order valence-corrected chi connectivity index (χ3v) is 6.97. The minimum atomic E-state index is -1.15. The fraction of sp³-hybridized carbons (Fsp3) is 0.323. The predicted octanol–water partition coefficient (Wildman–Crippen LogP) is 4.25. The van der Waals surface area contributed by atoms with Gasteiger partial charge in [-0.15, -0.1) is 0 Å². The zero-order valence-corrected chi connectivity index (χ0v) is 22.5. The zero-order chi connectivity index (χ0) is 27.9. The van der Waals surface area contributed by atoms with Crippen LogP contribution in [0.25, 0.3) is 11.1 Å². The van der Waals surface area contributed by atoms with Crippen molar-refractivity contribution < 1.29 is 24.2 Å². The molecule has 1 aliphatic carbocycles. The Morgan fingerprint density at radius 2 is 1.44 bits per heavy atom. The molecule has 0 spiro atoms. The third-order valence-electron chi connectivity index (χ3n) is 6.97. The van der Waals surface area contributed by atoms with Gasteiger partial charge >= 0.3 is 12.1 Å². The summed E-state index contributed by atoms with van der Waals surface area (Å²) in [5.74, 6) is -2.11. The first kappa shape index (κ1) is 27.9. The topological polar surface area (TPSA) is 108 Å². The van der Waals surface area contributed by atoms with Crippen LogP contribution in [0, 0.1) is 5.92 Å². The van der Waals surface area contributed by atoms with E-state index in [0.717, 1.165) is 27.8 Å². The predicted molar refractivity (Wildman–Crippen MR) is 149 cm³/mol. The highest BCUT2D eigenvalue weighted by molar-refractivity contribution is 5.89. The molecule has 0 bridgehead atoms. The summed E-state index contributed by atoms with van der Waals surface area (Å²) in [6.07, 6.45) is -0.723. The maximum atomic E-state index is 13.1. The average molecular weight is 530 g/mol. The average Bonchev–Trinajstić information content (AvgIpc) is 3.24. The highest BCUT2D eigenvalue weighted by atomic mass is 16.5. The van der Waals surface area contributed by atoms with E-state index in [4.69, 9.17) is 4.74 Å². The first-order valence-electron chi connectivity index (χ1n) is 13.1. The molecule has 1 unspecified atom stereocenters. The number of carboxylic acid groups (broad SMARTS) is 1. The van der Waals surface area contributed by atoms with Crippen molar-refractivity contribution in [2.45, 2.75) is 38.4 Å². The number of ether oxygens (including phenoxy) is 1. The second kappa shape index (κ2) is 12.6. The Kier molecular flexibility index (Phi) is 8.99. The van der Waals surface area contributed by atoms with E-state index in [1.165, 1.54) is 0 Å². The van der Waals surface area contributed by atoms with Crippen LogP contribution in [-0.4, -0.2) is 60.3 Å². The van der Waals surface area contributed by atoms with Crippen LogP contribution in [0.3, 0.4) is 0 Å². The molecule has 204 valence electrons. The number of benzene rings is 3. The highest BCUT2D eigenvalue weighted by Gasteiger charge is 2.32. The van der Waals surface area contributed by atoms with Gasteiger partial charge in [-0.1, -0.05) is 92.7 Å². The molecule has 2 atom stereocenters. The van der Waals surface area contributed by atoms with Crippen LogP contribution in [-0.2, 0) is 20.9 Å². The number of nitrogens with zero attached hydrogens (tertiary/aromatic N) is 1. The molecule has 3 aromatic carbocycles. The van der Waals surface area contributed by atoms with E-state index in [9.17, 15) is 19.5 Å². The summed E-state index contributed by atoms with van der Waals surface area (Å²) in [4.78, 5) is 39.7. The van der Waals surface area contributed by atoms with E-state index >= 15 is 0 Å². The lowest BCUT2D eigenvalue weighted by atomic mass is 9.98. The lowest BCUT2D eigenvalue weighted by molar-refractivity contribution is -0.142. The molecule has 4 rings (SSSR count). The smallest absolute Gasteiger partial charge is 0.407 e. The van der Waals surface area contributed by atoms with Gasteiger partial charge in [0, 0.05) is 19.0 Å². The van der Waals surface area contributed by atoms with Crippen molar-refractivity contribution in [1.82, 2.24) is 15.5 Å². The van der Waals surface area contributed by atoms with Crippen LogP contribution in [0.4, 0.5) is 4.79 Å². The molecule has 0 heterocycles. The summed E-state index contributed by atoms with van der Waals surface area (Å²) in [7, 11) is 1.80. The maximum Gasteiger partial charge on any atom is 0.407 e. The second-order valence-corrected chi connectivity index (χ2v) is 10.3. The van der Waals surface area contributed by atoms with Gasteiger partial charge in [-0.25, -0.2) is 9.59 Å². The van der Waals surface area contributed by atoms with Gasteiger partial charge in [-0.3, -0.25) is 9.69 Å². The van der Waals surface area contributed by atoms with Crippen LogP contribution in [0.5, 0.6) is 0 Å². The number of carboxylic acids is 1. The summed E-state index contributed by atoms with van der Waals surface area (Å²) in [5, 5.41) is 15.0. The third kappa shape index (κ3) is 6.83. The molecule has 8 heteroatoms. The van der Waals surface area contributed by atoms with Crippen LogP contribution in [0.15, 0.2) is 78.9 Å². The summed E-state index contributed by atoms with van der Waals surface area (Å²) in [5.41, 5.74) is 5.46. The standard InChI is InChI=1S/C31H35N3O5/c1-20(2)28(29(35)32-27(30(36)37)18-34(3)17-21-11-5-4-6-12-21)33-31(38)39-19-26-24-15-9-7-13-22(24)23-14-8-10-16-25(23)26/h4-16,20,26-28H,17-19H2,1-3H3,(H,32,35)(H,33,38)(H,36,37)/t27?,28-/m0/s1. The number of carbonyl (C=O) groups is 3. The number of likely N-dealkylation sites (N-methyl/N-ethyl adjacent to an activating group) is 1. The normalized spacial score (nSPS) is 13.9. The van der Waals surface area contributed by atoms with Gasteiger partial charge in [-0.05, 0) is 40.8 Å². The molecule has 3 aromatic rings. The molecule has 1 aliphatic rings. The van der Waals surface area contributed by atoms with Gasteiger partial charge in [0.25, 0.3) is 0 Å². The Balaban J connectivity index is 1.36. The first-order chi connectivity index (χ1) is 18.7. The number of amides is 2. The lowest BCUT2D eigenvalue weighted by Crippen LogP contribution is -2.56. The summed E-state index contributed by atoms with van der Waals surface area (Å²) in [6, 6.07) is 23.7. The molecule has 0 aromatic heterocycles. The maximum absolute atomic E-state index is 13.1. The van der Waals surface area contributed by atoms with Crippen molar-refractivity contribution in [1.29, 1.82) is 0 Å². The fourth-order valence-electron chi connectivity index (χ4n) is 5.02. The van der Waals surface area contributed by atoms with E-state index in [0.29, 0.717) is 6.54 Å². The number of alkyl carbamates (subject to hydrolysis) is 1. The molecule has 0 aliphatic heterocycles. The first-order valence-corrected chi connectivity index (χ1v) is 13.1. The quantitative estimate of drug-likeness (QED) is 0.343. The number of hydrogen-bond donors (Lipinski definition) is 3.